The highest BCUT2D eigenvalue weighted by Crippen LogP contribution is 2.32. The third kappa shape index (κ3) is 6.23. The maximum absolute atomic E-state index is 13.2. The number of anilines is 1. The number of hydrogen-bond donors (Lipinski definition) is 2. The molecule has 0 bridgehead atoms. The average Bonchev–Trinajstić information content (AvgIpc) is 3.31. The van der Waals surface area contributed by atoms with Crippen molar-refractivity contribution in [2.75, 3.05) is 5.32 Å². The number of ether oxygens (including phenoxy) is 1. The summed E-state index contributed by atoms with van der Waals surface area (Å²) < 4.78 is 44.2. The Morgan fingerprint density at radius 3 is 2.26 bits per heavy atom. The van der Waals surface area contributed by atoms with E-state index in [1.54, 1.807) is 54.6 Å². The molecular formula is C30H22ClF3N2O3. The molecule has 198 valence electrons. The van der Waals surface area contributed by atoms with Crippen LogP contribution in [-0.4, -0.2) is 18.0 Å². The van der Waals surface area contributed by atoms with Crippen molar-refractivity contribution in [2.24, 2.45) is 0 Å². The van der Waals surface area contributed by atoms with E-state index in [-0.39, 0.29) is 11.9 Å². The maximum Gasteiger partial charge on any atom is 0.416 e. The van der Waals surface area contributed by atoms with Crippen molar-refractivity contribution >= 4 is 29.3 Å². The standard InChI is InChI=1S/C30H22ClF3N2O3/c31-22-10-13-25(14-11-22)39-29(38)36-24-15-19-7-12-23(16-20(19)17-24)35-28(37)27-4-2-1-3-26(27)18-5-8-21(9-6-18)30(32,33)34/h1-14,16,24H,15,17H2,(H,35,37)(H,36,38). The van der Waals surface area contributed by atoms with Crippen molar-refractivity contribution in [3.05, 3.63) is 118 Å². The molecule has 0 heterocycles. The molecule has 5 rings (SSSR count). The number of hydrogen-bond acceptors (Lipinski definition) is 3. The second kappa shape index (κ2) is 10.8. The molecule has 0 saturated carbocycles. The fourth-order valence-corrected chi connectivity index (χ4v) is 4.70. The van der Waals surface area contributed by atoms with Crippen LogP contribution in [-0.2, 0) is 19.0 Å². The van der Waals surface area contributed by atoms with Crippen molar-refractivity contribution in [2.45, 2.75) is 25.1 Å². The molecule has 0 spiro atoms. The summed E-state index contributed by atoms with van der Waals surface area (Å²) in [6, 6.07) is 23.3. The summed E-state index contributed by atoms with van der Waals surface area (Å²) in [5, 5.41) is 6.29. The monoisotopic (exact) mass is 550 g/mol. The fraction of sp³-hybridized carbons (Fsp3) is 0.133. The van der Waals surface area contributed by atoms with E-state index < -0.39 is 17.8 Å². The SMILES string of the molecule is O=C(NC1Cc2ccc(NC(=O)c3ccccc3-c3ccc(C(F)(F)F)cc3)cc2C1)Oc1ccc(Cl)cc1. The highest BCUT2D eigenvalue weighted by Gasteiger charge is 2.30. The molecule has 1 aliphatic carbocycles. The van der Waals surface area contributed by atoms with Crippen LogP contribution in [0.25, 0.3) is 11.1 Å². The van der Waals surface area contributed by atoms with Crippen LogP contribution >= 0.6 is 11.6 Å². The lowest BCUT2D eigenvalue weighted by molar-refractivity contribution is -0.137. The van der Waals surface area contributed by atoms with Gasteiger partial charge in [-0.15, -0.1) is 0 Å². The number of nitrogens with one attached hydrogen (secondary N) is 2. The van der Waals surface area contributed by atoms with Gasteiger partial charge in [-0.25, -0.2) is 4.79 Å². The quantitative estimate of drug-likeness (QED) is 0.270. The van der Waals surface area contributed by atoms with Gasteiger partial charge in [0.15, 0.2) is 0 Å². The van der Waals surface area contributed by atoms with Gasteiger partial charge in [-0.2, -0.15) is 13.2 Å². The minimum atomic E-state index is -4.44. The zero-order valence-corrected chi connectivity index (χ0v) is 21.1. The van der Waals surface area contributed by atoms with Crippen LogP contribution in [0, 0.1) is 0 Å². The zero-order chi connectivity index (χ0) is 27.6. The molecule has 9 heteroatoms. The van der Waals surface area contributed by atoms with Crippen LogP contribution < -0.4 is 15.4 Å². The first kappa shape index (κ1) is 26.3. The van der Waals surface area contributed by atoms with E-state index in [9.17, 15) is 22.8 Å². The van der Waals surface area contributed by atoms with Crippen LogP contribution in [0.3, 0.4) is 0 Å². The Morgan fingerprint density at radius 2 is 1.54 bits per heavy atom. The molecule has 1 aliphatic rings. The van der Waals surface area contributed by atoms with Crippen molar-refractivity contribution in [3.8, 4) is 16.9 Å². The molecule has 0 aliphatic heterocycles. The first-order chi connectivity index (χ1) is 18.7. The van der Waals surface area contributed by atoms with Gasteiger partial charge >= 0.3 is 12.3 Å². The topological polar surface area (TPSA) is 67.4 Å². The largest absolute Gasteiger partial charge is 0.416 e. The molecule has 2 N–H and O–H groups in total. The second-order valence-electron chi connectivity index (χ2n) is 9.15. The van der Waals surface area contributed by atoms with Gasteiger partial charge in [-0.3, -0.25) is 4.79 Å². The first-order valence-corrected chi connectivity index (χ1v) is 12.5. The Kier molecular flexibility index (Phi) is 7.30. The number of rotatable bonds is 5. The fourth-order valence-electron chi connectivity index (χ4n) is 4.57. The third-order valence-electron chi connectivity index (χ3n) is 6.44. The molecule has 0 fully saturated rings. The number of fused-ring (bicyclic) bond motifs is 1. The van der Waals surface area contributed by atoms with Crippen molar-refractivity contribution in [1.82, 2.24) is 5.32 Å². The summed E-state index contributed by atoms with van der Waals surface area (Å²) in [4.78, 5) is 25.5. The van der Waals surface area contributed by atoms with E-state index in [0.29, 0.717) is 46.0 Å². The molecule has 5 nitrogen and oxygen atoms in total. The van der Waals surface area contributed by atoms with E-state index in [1.165, 1.54) is 12.1 Å². The van der Waals surface area contributed by atoms with Gasteiger partial charge in [0.1, 0.15) is 5.75 Å². The molecule has 0 aromatic heterocycles. The molecule has 4 aromatic rings. The highest BCUT2D eigenvalue weighted by atomic mass is 35.5. The Balaban J connectivity index is 1.24. The Hall–Kier alpha value is -4.30. The van der Waals surface area contributed by atoms with Gasteiger partial charge in [-0.05, 0) is 89.7 Å². The molecule has 2 amide bonds. The van der Waals surface area contributed by atoms with Crippen LogP contribution in [0.4, 0.5) is 23.7 Å². The van der Waals surface area contributed by atoms with Crippen LogP contribution in [0.5, 0.6) is 5.75 Å². The van der Waals surface area contributed by atoms with E-state index in [2.05, 4.69) is 10.6 Å². The van der Waals surface area contributed by atoms with E-state index in [0.717, 1.165) is 23.3 Å². The van der Waals surface area contributed by atoms with E-state index in [1.807, 2.05) is 12.1 Å². The van der Waals surface area contributed by atoms with Crippen molar-refractivity contribution < 1.29 is 27.5 Å². The number of amides is 2. The van der Waals surface area contributed by atoms with Crippen molar-refractivity contribution in [3.63, 3.8) is 0 Å². The lowest BCUT2D eigenvalue weighted by atomic mass is 9.98. The van der Waals surface area contributed by atoms with Crippen molar-refractivity contribution in [1.29, 1.82) is 0 Å². The molecular weight excluding hydrogens is 529 g/mol. The summed E-state index contributed by atoms with van der Waals surface area (Å²) in [5.74, 6) is -0.00125. The van der Waals surface area contributed by atoms with Gasteiger partial charge in [-0.1, -0.05) is 48.0 Å². The van der Waals surface area contributed by atoms with E-state index >= 15 is 0 Å². The Bertz CT molecular complexity index is 1520. The Labute approximate surface area is 227 Å². The van der Waals surface area contributed by atoms with Gasteiger partial charge in [0.25, 0.3) is 5.91 Å². The number of carbonyl (C=O) groups excluding carboxylic acids is 2. The maximum atomic E-state index is 13.2. The van der Waals surface area contributed by atoms with Crippen LogP contribution in [0.1, 0.15) is 27.0 Å². The predicted octanol–water partition coefficient (Wildman–Crippen LogP) is 7.53. The predicted molar refractivity (Wildman–Crippen MR) is 143 cm³/mol. The normalized spacial score (nSPS) is 14.4. The molecule has 4 aromatic carbocycles. The smallest absolute Gasteiger partial charge is 0.410 e. The van der Waals surface area contributed by atoms with Gasteiger partial charge in [0.2, 0.25) is 0 Å². The van der Waals surface area contributed by atoms with Crippen LogP contribution in [0.2, 0.25) is 5.02 Å². The number of benzene rings is 4. The van der Waals surface area contributed by atoms with Gasteiger partial charge in [0, 0.05) is 22.3 Å². The second-order valence-corrected chi connectivity index (χ2v) is 9.59. The van der Waals surface area contributed by atoms with E-state index in [4.69, 9.17) is 16.3 Å². The lowest BCUT2D eigenvalue weighted by Crippen LogP contribution is -2.37. The third-order valence-corrected chi connectivity index (χ3v) is 6.69. The zero-order valence-electron chi connectivity index (χ0n) is 20.4. The molecule has 0 saturated heterocycles. The molecule has 1 unspecified atom stereocenters. The summed E-state index contributed by atoms with van der Waals surface area (Å²) in [5.41, 5.74) is 3.22. The summed E-state index contributed by atoms with van der Waals surface area (Å²) in [6.07, 6.45) is -3.81. The number of carbonyl (C=O) groups is 2. The molecule has 1 atom stereocenters. The highest BCUT2D eigenvalue weighted by molar-refractivity contribution is 6.30. The summed E-state index contributed by atoms with van der Waals surface area (Å²) >= 11 is 5.85. The summed E-state index contributed by atoms with van der Waals surface area (Å²) in [6.45, 7) is 0. The lowest BCUT2D eigenvalue weighted by Gasteiger charge is -2.13. The molecule has 39 heavy (non-hydrogen) atoms. The van der Waals surface area contributed by atoms with Gasteiger partial charge in [0.05, 0.1) is 5.56 Å². The van der Waals surface area contributed by atoms with Crippen LogP contribution in [0.15, 0.2) is 91.0 Å². The number of halogens is 4. The number of alkyl halides is 3. The Morgan fingerprint density at radius 1 is 0.846 bits per heavy atom. The minimum absolute atomic E-state index is 0.161. The van der Waals surface area contributed by atoms with Gasteiger partial charge < -0.3 is 15.4 Å². The first-order valence-electron chi connectivity index (χ1n) is 12.1. The average molecular weight is 551 g/mol. The summed E-state index contributed by atoms with van der Waals surface area (Å²) in [7, 11) is 0. The molecule has 0 radical (unpaired) electrons. The minimum Gasteiger partial charge on any atom is -0.410 e.